The van der Waals surface area contributed by atoms with Crippen LogP contribution in [-0.4, -0.2) is 132 Å². The fourth-order valence-corrected chi connectivity index (χ4v) is 3.23. The zero-order valence-electron chi connectivity index (χ0n) is 25.4. The fraction of sp³-hybridized carbons (Fsp3) is 0.966. The van der Waals surface area contributed by atoms with Crippen LogP contribution in [-0.2, 0) is 52.2 Å². The van der Waals surface area contributed by atoms with E-state index in [1.54, 1.807) is 6.92 Å². The summed E-state index contributed by atoms with van der Waals surface area (Å²) < 4.78 is 53.9. The van der Waals surface area contributed by atoms with Gasteiger partial charge in [-0.1, -0.05) is 39.0 Å². The molecule has 0 fully saturated rings. The molecule has 0 aliphatic rings. The van der Waals surface area contributed by atoms with Crippen LogP contribution in [0.1, 0.15) is 58.8 Å². The molecule has 0 saturated carbocycles. The van der Waals surface area contributed by atoms with E-state index in [2.05, 4.69) is 6.92 Å². The standard InChI is InChI=1S/C29H58O11/c1-3-5-6-7-8-9-11-31-13-15-33-17-19-35-21-23-37-25-27-39-28-26-38-24-22-36-20-18-34-16-14-32-12-10-29(30)40-4-2/h3-28H2,1-2H3. The summed E-state index contributed by atoms with van der Waals surface area (Å²) >= 11 is 0. The van der Waals surface area contributed by atoms with Gasteiger partial charge in [-0.25, -0.2) is 0 Å². The second-order valence-corrected chi connectivity index (χ2v) is 8.83. The first-order valence-electron chi connectivity index (χ1n) is 15.2. The van der Waals surface area contributed by atoms with Gasteiger partial charge >= 0.3 is 5.97 Å². The molecule has 0 aromatic heterocycles. The van der Waals surface area contributed by atoms with Gasteiger partial charge in [0.25, 0.3) is 0 Å². The minimum atomic E-state index is -0.246. The highest BCUT2D eigenvalue weighted by Crippen LogP contribution is 2.04. The molecule has 0 aromatic rings. The Bertz CT molecular complexity index is 483. The number of hydrogen-bond donors (Lipinski definition) is 0. The van der Waals surface area contributed by atoms with E-state index in [0.717, 1.165) is 13.0 Å². The molecular weight excluding hydrogens is 524 g/mol. The van der Waals surface area contributed by atoms with E-state index >= 15 is 0 Å². The number of ether oxygens (including phenoxy) is 10. The largest absolute Gasteiger partial charge is 0.466 e. The van der Waals surface area contributed by atoms with Crippen LogP contribution in [0, 0.1) is 0 Å². The zero-order valence-corrected chi connectivity index (χ0v) is 25.4. The van der Waals surface area contributed by atoms with Crippen LogP contribution < -0.4 is 0 Å². The first-order valence-corrected chi connectivity index (χ1v) is 15.2. The maximum absolute atomic E-state index is 11.1. The number of rotatable bonds is 35. The molecule has 0 aliphatic heterocycles. The second kappa shape index (κ2) is 36.1. The number of carbonyl (C=O) groups excluding carboxylic acids is 1. The first kappa shape index (κ1) is 39.1. The Morgan fingerprint density at radius 1 is 0.375 bits per heavy atom. The predicted molar refractivity (Wildman–Crippen MR) is 152 cm³/mol. The van der Waals surface area contributed by atoms with Gasteiger partial charge in [-0.05, 0) is 13.3 Å². The molecule has 40 heavy (non-hydrogen) atoms. The number of carbonyl (C=O) groups is 1. The summed E-state index contributed by atoms with van der Waals surface area (Å²) in [4.78, 5) is 11.1. The molecule has 0 N–H and O–H groups in total. The molecule has 0 bridgehead atoms. The van der Waals surface area contributed by atoms with E-state index in [-0.39, 0.29) is 12.4 Å². The maximum Gasteiger partial charge on any atom is 0.308 e. The fourth-order valence-electron chi connectivity index (χ4n) is 3.23. The molecular formula is C29H58O11. The van der Waals surface area contributed by atoms with Gasteiger partial charge in [0.1, 0.15) is 0 Å². The molecule has 240 valence electrons. The minimum Gasteiger partial charge on any atom is -0.466 e. The summed E-state index contributed by atoms with van der Waals surface area (Å²) in [6, 6.07) is 0. The van der Waals surface area contributed by atoms with Crippen LogP contribution in [0.4, 0.5) is 0 Å². The molecule has 0 unspecified atom stereocenters. The smallest absolute Gasteiger partial charge is 0.308 e. The molecule has 0 aliphatic carbocycles. The van der Waals surface area contributed by atoms with Crippen LogP contribution in [0.5, 0.6) is 0 Å². The van der Waals surface area contributed by atoms with Gasteiger partial charge in [0.15, 0.2) is 0 Å². The van der Waals surface area contributed by atoms with E-state index in [4.69, 9.17) is 47.4 Å². The van der Waals surface area contributed by atoms with E-state index in [1.165, 1.54) is 32.1 Å². The van der Waals surface area contributed by atoms with Crippen molar-refractivity contribution in [2.24, 2.45) is 0 Å². The lowest BCUT2D eigenvalue weighted by atomic mass is 10.1. The Hall–Kier alpha value is -0.890. The molecule has 0 radical (unpaired) electrons. The normalized spacial score (nSPS) is 11.3. The van der Waals surface area contributed by atoms with Crippen molar-refractivity contribution >= 4 is 5.97 Å². The summed E-state index contributed by atoms with van der Waals surface area (Å²) in [5.41, 5.74) is 0. The molecule has 0 spiro atoms. The summed E-state index contributed by atoms with van der Waals surface area (Å²) in [6.07, 6.45) is 7.94. The highest BCUT2D eigenvalue weighted by molar-refractivity contribution is 5.69. The van der Waals surface area contributed by atoms with Gasteiger partial charge in [-0.2, -0.15) is 0 Å². The van der Waals surface area contributed by atoms with Crippen LogP contribution in [0.15, 0.2) is 0 Å². The van der Waals surface area contributed by atoms with Gasteiger partial charge in [0.2, 0.25) is 0 Å². The number of esters is 1. The highest BCUT2D eigenvalue weighted by Gasteiger charge is 2.01. The first-order chi connectivity index (χ1) is 19.8. The van der Waals surface area contributed by atoms with Crippen molar-refractivity contribution in [2.45, 2.75) is 58.8 Å². The predicted octanol–water partition coefficient (Wildman–Crippen LogP) is 3.45. The molecule has 0 amide bonds. The van der Waals surface area contributed by atoms with Crippen molar-refractivity contribution in [1.29, 1.82) is 0 Å². The monoisotopic (exact) mass is 582 g/mol. The van der Waals surface area contributed by atoms with Crippen LogP contribution in [0.2, 0.25) is 0 Å². The number of hydrogen-bond acceptors (Lipinski definition) is 11. The highest BCUT2D eigenvalue weighted by atomic mass is 16.6. The summed E-state index contributed by atoms with van der Waals surface area (Å²) in [5.74, 6) is -0.246. The Kier molecular flexibility index (Phi) is 35.3. The van der Waals surface area contributed by atoms with Crippen LogP contribution in [0.25, 0.3) is 0 Å². The van der Waals surface area contributed by atoms with E-state index in [9.17, 15) is 4.79 Å². The average Bonchev–Trinajstić information content (AvgIpc) is 2.95. The quantitative estimate of drug-likeness (QED) is 0.0810. The lowest BCUT2D eigenvalue weighted by Gasteiger charge is -2.09. The van der Waals surface area contributed by atoms with Crippen molar-refractivity contribution in [1.82, 2.24) is 0 Å². The average molecular weight is 583 g/mol. The summed E-state index contributed by atoms with van der Waals surface area (Å²) in [5, 5.41) is 0. The molecule has 11 heteroatoms. The lowest BCUT2D eigenvalue weighted by molar-refractivity contribution is -0.144. The molecule has 11 nitrogen and oxygen atoms in total. The van der Waals surface area contributed by atoms with Crippen molar-refractivity contribution in [2.75, 3.05) is 126 Å². The summed E-state index contributed by atoms with van der Waals surface area (Å²) in [6.45, 7) is 14.0. The zero-order chi connectivity index (χ0) is 29.0. The molecule has 0 saturated heterocycles. The Labute approximate surface area is 242 Å². The molecule has 0 atom stereocenters. The van der Waals surface area contributed by atoms with Gasteiger partial charge < -0.3 is 47.4 Å². The second-order valence-electron chi connectivity index (χ2n) is 8.83. The van der Waals surface area contributed by atoms with Crippen molar-refractivity contribution in [3.8, 4) is 0 Å². The van der Waals surface area contributed by atoms with Crippen LogP contribution >= 0.6 is 0 Å². The topological polar surface area (TPSA) is 109 Å². The minimum absolute atomic E-state index is 0.246. The maximum atomic E-state index is 11.1. The Balaban J connectivity index is 3.04. The van der Waals surface area contributed by atoms with E-state index < -0.39 is 0 Å². The molecule has 0 aromatic carbocycles. The van der Waals surface area contributed by atoms with Gasteiger partial charge in [-0.15, -0.1) is 0 Å². The lowest BCUT2D eigenvalue weighted by Crippen LogP contribution is -2.15. The van der Waals surface area contributed by atoms with Gasteiger partial charge in [0, 0.05) is 6.61 Å². The van der Waals surface area contributed by atoms with E-state index in [0.29, 0.717) is 119 Å². The Morgan fingerprint density at radius 3 is 1.02 bits per heavy atom. The molecule has 0 heterocycles. The third kappa shape index (κ3) is 35.1. The third-order valence-corrected chi connectivity index (χ3v) is 5.37. The van der Waals surface area contributed by atoms with Gasteiger partial charge in [0.05, 0.1) is 125 Å². The SMILES string of the molecule is CCCCCCCCOCCOCCOCCOCCOCCOCCOCCOCCOCCC(=O)OCC. The van der Waals surface area contributed by atoms with Crippen LogP contribution in [0.3, 0.4) is 0 Å². The summed E-state index contributed by atoms with van der Waals surface area (Å²) in [7, 11) is 0. The van der Waals surface area contributed by atoms with Crippen molar-refractivity contribution in [3.63, 3.8) is 0 Å². The molecule has 0 rings (SSSR count). The Morgan fingerprint density at radius 2 is 0.675 bits per heavy atom. The van der Waals surface area contributed by atoms with Crippen molar-refractivity contribution in [3.05, 3.63) is 0 Å². The van der Waals surface area contributed by atoms with E-state index in [1.807, 2.05) is 0 Å². The third-order valence-electron chi connectivity index (χ3n) is 5.37. The van der Waals surface area contributed by atoms with Gasteiger partial charge in [-0.3, -0.25) is 4.79 Å². The van der Waals surface area contributed by atoms with Crippen molar-refractivity contribution < 1.29 is 52.2 Å². The number of unbranched alkanes of at least 4 members (excludes halogenated alkanes) is 5.